The molecule has 0 saturated carbocycles. The van der Waals surface area contributed by atoms with Crippen molar-refractivity contribution in [2.75, 3.05) is 52.7 Å². The van der Waals surface area contributed by atoms with Crippen LogP contribution < -0.4 is 0 Å². The lowest BCUT2D eigenvalue weighted by molar-refractivity contribution is -0.192. The van der Waals surface area contributed by atoms with Gasteiger partial charge in [0.2, 0.25) is 0 Å². The molecule has 0 spiro atoms. The molecule has 0 aromatic carbocycles. The van der Waals surface area contributed by atoms with Crippen LogP contribution in [0.5, 0.6) is 0 Å². The topological polar surface area (TPSA) is 81.4 Å². The Kier molecular flexibility index (Phi) is 7.78. The van der Waals surface area contributed by atoms with Crippen LogP contribution in [0.3, 0.4) is 0 Å². The first-order valence-corrected chi connectivity index (χ1v) is 10.1. The molecule has 0 amide bonds. The van der Waals surface area contributed by atoms with Crippen LogP contribution in [0.2, 0.25) is 0 Å². The van der Waals surface area contributed by atoms with Gasteiger partial charge in [-0.3, -0.25) is 4.90 Å². The highest BCUT2D eigenvalue weighted by atomic mass is 19.4. The Morgan fingerprint density at radius 2 is 2.03 bits per heavy atom. The zero-order valence-electron chi connectivity index (χ0n) is 16.7. The summed E-state index contributed by atoms with van der Waals surface area (Å²) in [5.41, 5.74) is 1.44. The number of carboxylic acids is 1. The van der Waals surface area contributed by atoms with Crippen molar-refractivity contribution in [2.24, 2.45) is 17.3 Å². The zero-order chi connectivity index (χ0) is 21.6. The Morgan fingerprint density at radius 3 is 2.67 bits per heavy atom. The van der Waals surface area contributed by atoms with Gasteiger partial charge in [0.05, 0.1) is 32.3 Å². The van der Waals surface area contributed by atoms with Gasteiger partial charge in [0, 0.05) is 56.4 Å². The van der Waals surface area contributed by atoms with E-state index in [0.717, 1.165) is 72.1 Å². The Bertz CT molecular complexity index is 662. The number of carbonyl (C=O) groups is 1. The normalized spacial score (nSPS) is 27.5. The molecule has 3 aliphatic heterocycles. The van der Waals surface area contributed by atoms with Gasteiger partial charge in [0.25, 0.3) is 0 Å². The van der Waals surface area contributed by atoms with E-state index in [9.17, 15) is 13.2 Å². The quantitative estimate of drug-likeness (QED) is 0.736. The van der Waals surface area contributed by atoms with Crippen molar-refractivity contribution >= 4 is 5.97 Å². The van der Waals surface area contributed by atoms with Crippen molar-refractivity contribution in [3.63, 3.8) is 0 Å². The molecule has 170 valence electrons. The Hall–Kier alpha value is -1.62. The lowest BCUT2D eigenvalue weighted by Crippen LogP contribution is -2.36. The van der Waals surface area contributed by atoms with Crippen molar-refractivity contribution < 1.29 is 41.7 Å². The number of alkyl halides is 3. The standard InChI is InChI=1S/C18H27NO4.C2HF3O2/c1-4-20-5-2-15(1)9-22-13-18-12-19(7-16-3-6-21-10-16)8-17(18)11-23-14-18;3-2(4,5)1(6)7/h3,6,10,15,17H,1-2,4-5,7-9,11-14H2;(H,6,7)/t17-,18-;/m1./s1. The lowest BCUT2D eigenvalue weighted by atomic mass is 9.82. The van der Waals surface area contributed by atoms with Crippen molar-refractivity contribution in [1.82, 2.24) is 4.90 Å². The third-order valence-corrected chi connectivity index (χ3v) is 5.90. The van der Waals surface area contributed by atoms with Crippen LogP contribution in [0.1, 0.15) is 18.4 Å². The van der Waals surface area contributed by atoms with Gasteiger partial charge in [0.15, 0.2) is 0 Å². The van der Waals surface area contributed by atoms with Gasteiger partial charge < -0.3 is 23.7 Å². The summed E-state index contributed by atoms with van der Waals surface area (Å²) in [7, 11) is 0. The predicted octanol–water partition coefficient (Wildman–Crippen LogP) is 2.80. The van der Waals surface area contributed by atoms with Crippen LogP contribution in [0.25, 0.3) is 0 Å². The minimum Gasteiger partial charge on any atom is -0.475 e. The summed E-state index contributed by atoms with van der Waals surface area (Å²) < 4.78 is 54.3. The van der Waals surface area contributed by atoms with E-state index in [4.69, 9.17) is 28.5 Å². The number of rotatable bonds is 6. The maximum Gasteiger partial charge on any atom is 0.490 e. The van der Waals surface area contributed by atoms with Gasteiger partial charge in [-0.25, -0.2) is 4.79 Å². The zero-order valence-corrected chi connectivity index (χ0v) is 16.7. The number of nitrogens with zero attached hydrogens (tertiary/aromatic N) is 1. The van der Waals surface area contributed by atoms with E-state index in [1.165, 1.54) is 5.56 Å². The molecule has 3 saturated heterocycles. The molecule has 4 heterocycles. The van der Waals surface area contributed by atoms with E-state index >= 15 is 0 Å². The van der Waals surface area contributed by atoms with Gasteiger partial charge >= 0.3 is 12.1 Å². The molecule has 30 heavy (non-hydrogen) atoms. The molecule has 0 bridgehead atoms. The molecule has 10 heteroatoms. The summed E-state index contributed by atoms with van der Waals surface area (Å²) in [5, 5.41) is 7.12. The van der Waals surface area contributed by atoms with Crippen molar-refractivity contribution in [3.05, 3.63) is 24.2 Å². The molecule has 3 aliphatic rings. The molecule has 1 N–H and O–H groups in total. The average Bonchev–Trinajstić information content (AvgIpc) is 3.39. The highest BCUT2D eigenvalue weighted by Crippen LogP contribution is 2.42. The molecule has 4 rings (SSSR count). The Balaban J connectivity index is 0.000000318. The number of hydrogen-bond donors (Lipinski definition) is 1. The molecule has 1 aromatic rings. The summed E-state index contributed by atoms with van der Waals surface area (Å²) in [6.07, 6.45) is 0.792. The number of furan rings is 1. The van der Waals surface area contributed by atoms with Crippen molar-refractivity contribution in [2.45, 2.75) is 25.6 Å². The van der Waals surface area contributed by atoms with Crippen LogP contribution in [-0.2, 0) is 25.5 Å². The molecule has 1 aromatic heterocycles. The minimum atomic E-state index is -5.08. The second kappa shape index (κ2) is 10.1. The second-order valence-electron chi connectivity index (χ2n) is 8.25. The fourth-order valence-electron chi connectivity index (χ4n) is 4.25. The lowest BCUT2D eigenvalue weighted by Gasteiger charge is -2.29. The summed E-state index contributed by atoms with van der Waals surface area (Å²) in [6, 6.07) is 2.05. The van der Waals surface area contributed by atoms with Crippen LogP contribution in [0.4, 0.5) is 13.2 Å². The SMILES string of the molecule is O=C(O)C(F)(F)F.c1cc(CN2C[C@@H]3COC[C@]3(COCC3CCOCC3)C2)co1. The van der Waals surface area contributed by atoms with Crippen LogP contribution in [-0.4, -0.2) is 74.9 Å². The molecule has 7 nitrogen and oxygen atoms in total. The molecule has 0 aliphatic carbocycles. The second-order valence-corrected chi connectivity index (χ2v) is 8.25. The summed E-state index contributed by atoms with van der Waals surface area (Å²) >= 11 is 0. The van der Waals surface area contributed by atoms with E-state index in [1.807, 2.05) is 6.26 Å². The monoisotopic (exact) mass is 435 g/mol. The number of likely N-dealkylation sites (tertiary alicyclic amines) is 1. The number of hydrogen-bond acceptors (Lipinski definition) is 6. The highest BCUT2D eigenvalue weighted by molar-refractivity contribution is 5.73. The number of carboxylic acid groups (broad SMARTS) is 1. The van der Waals surface area contributed by atoms with Crippen LogP contribution >= 0.6 is 0 Å². The third-order valence-electron chi connectivity index (χ3n) is 5.90. The van der Waals surface area contributed by atoms with Gasteiger partial charge in [-0.2, -0.15) is 13.2 Å². The Morgan fingerprint density at radius 1 is 1.30 bits per heavy atom. The van der Waals surface area contributed by atoms with Crippen LogP contribution in [0, 0.1) is 17.3 Å². The van der Waals surface area contributed by atoms with Crippen molar-refractivity contribution in [3.8, 4) is 0 Å². The Labute approximate surface area is 173 Å². The fraction of sp³-hybridized carbons (Fsp3) is 0.750. The largest absolute Gasteiger partial charge is 0.490 e. The number of aliphatic carboxylic acids is 1. The van der Waals surface area contributed by atoms with E-state index in [1.54, 1.807) is 6.26 Å². The van der Waals surface area contributed by atoms with E-state index in [-0.39, 0.29) is 5.41 Å². The van der Waals surface area contributed by atoms with E-state index < -0.39 is 12.1 Å². The van der Waals surface area contributed by atoms with Gasteiger partial charge in [0.1, 0.15) is 0 Å². The summed E-state index contributed by atoms with van der Waals surface area (Å²) in [6.45, 7) is 8.34. The number of halogens is 3. The van der Waals surface area contributed by atoms with Crippen molar-refractivity contribution in [1.29, 1.82) is 0 Å². The molecule has 3 fully saturated rings. The van der Waals surface area contributed by atoms with Gasteiger partial charge in [-0.15, -0.1) is 0 Å². The smallest absolute Gasteiger partial charge is 0.475 e. The molecular weight excluding hydrogens is 407 g/mol. The highest BCUT2D eigenvalue weighted by Gasteiger charge is 2.50. The predicted molar refractivity (Wildman–Crippen MR) is 98.8 cm³/mol. The third kappa shape index (κ3) is 6.19. The van der Waals surface area contributed by atoms with Gasteiger partial charge in [-0.05, 0) is 24.8 Å². The molecule has 0 unspecified atom stereocenters. The maximum atomic E-state index is 10.6. The van der Waals surface area contributed by atoms with E-state index in [2.05, 4.69) is 11.0 Å². The average molecular weight is 435 g/mol. The summed E-state index contributed by atoms with van der Waals surface area (Å²) in [4.78, 5) is 11.4. The first-order chi connectivity index (χ1) is 14.3. The molecule has 0 radical (unpaired) electrons. The first kappa shape index (κ1) is 23.1. The number of fused-ring (bicyclic) bond motifs is 1. The molecular formula is C20H28F3NO6. The first-order valence-electron chi connectivity index (χ1n) is 10.1. The maximum absolute atomic E-state index is 10.6. The summed E-state index contributed by atoms with van der Waals surface area (Å²) in [5.74, 6) is -1.49. The molecule has 2 atom stereocenters. The van der Waals surface area contributed by atoms with E-state index in [0.29, 0.717) is 11.8 Å². The van der Waals surface area contributed by atoms with Gasteiger partial charge in [-0.1, -0.05) is 0 Å². The van der Waals surface area contributed by atoms with Crippen LogP contribution in [0.15, 0.2) is 23.0 Å². The fourth-order valence-corrected chi connectivity index (χ4v) is 4.25. The minimum absolute atomic E-state index is 0.189. The number of ether oxygens (including phenoxy) is 3.